The van der Waals surface area contributed by atoms with Crippen LogP contribution in [0.3, 0.4) is 0 Å². The standard InChI is InChI=1S/C21H22N4O4/c1-14(16-11-23-25(13-16)18-7-4-8-19(10-18)29-2)24-21(28)15-5-3-6-17(9-15)22-12-20(26)27/h3-11,13-14,22H,12H2,1-2H3,(H,24,28)(H,26,27)/t14-/m1/s1. The summed E-state index contributed by atoms with van der Waals surface area (Å²) in [7, 11) is 1.61. The molecule has 0 saturated carbocycles. The van der Waals surface area contributed by atoms with Gasteiger partial charge in [-0.15, -0.1) is 0 Å². The number of carbonyl (C=O) groups excluding carboxylic acids is 1. The van der Waals surface area contributed by atoms with Gasteiger partial charge in [-0.3, -0.25) is 9.59 Å². The molecule has 150 valence electrons. The number of methoxy groups -OCH3 is 1. The maximum absolute atomic E-state index is 12.6. The second-order valence-electron chi connectivity index (χ2n) is 6.44. The number of carboxylic acids is 1. The van der Waals surface area contributed by atoms with Gasteiger partial charge in [-0.1, -0.05) is 12.1 Å². The highest BCUT2D eigenvalue weighted by Gasteiger charge is 2.14. The monoisotopic (exact) mass is 394 g/mol. The number of benzene rings is 2. The van der Waals surface area contributed by atoms with Crippen LogP contribution in [0.15, 0.2) is 60.9 Å². The summed E-state index contributed by atoms with van der Waals surface area (Å²) in [6.07, 6.45) is 3.56. The van der Waals surface area contributed by atoms with Gasteiger partial charge in [0.1, 0.15) is 12.3 Å². The van der Waals surface area contributed by atoms with E-state index in [1.54, 1.807) is 42.3 Å². The van der Waals surface area contributed by atoms with E-state index in [1.165, 1.54) is 0 Å². The van der Waals surface area contributed by atoms with Crippen LogP contribution in [0.25, 0.3) is 5.69 Å². The summed E-state index contributed by atoms with van der Waals surface area (Å²) in [5, 5.41) is 18.8. The van der Waals surface area contributed by atoms with Gasteiger partial charge in [0.15, 0.2) is 0 Å². The number of aromatic nitrogens is 2. The van der Waals surface area contributed by atoms with Crippen molar-refractivity contribution in [3.63, 3.8) is 0 Å². The minimum atomic E-state index is -0.971. The molecule has 0 aliphatic heterocycles. The lowest BCUT2D eigenvalue weighted by molar-refractivity contribution is -0.134. The maximum atomic E-state index is 12.6. The van der Waals surface area contributed by atoms with Gasteiger partial charge in [0.25, 0.3) is 5.91 Å². The van der Waals surface area contributed by atoms with Crippen LogP contribution in [0.5, 0.6) is 5.75 Å². The van der Waals surface area contributed by atoms with Gasteiger partial charge in [-0.05, 0) is 37.3 Å². The molecule has 0 unspecified atom stereocenters. The first kappa shape index (κ1) is 19.9. The van der Waals surface area contributed by atoms with E-state index in [0.29, 0.717) is 11.3 Å². The summed E-state index contributed by atoms with van der Waals surface area (Å²) in [6.45, 7) is 1.66. The lowest BCUT2D eigenvalue weighted by Crippen LogP contribution is -2.26. The quantitative estimate of drug-likeness (QED) is 0.543. The molecule has 0 saturated heterocycles. The molecule has 0 fully saturated rings. The van der Waals surface area contributed by atoms with Gasteiger partial charge >= 0.3 is 5.97 Å². The first-order chi connectivity index (χ1) is 14.0. The van der Waals surface area contributed by atoms with Crippen LogP contribution in [0, 0.1) is 0 Å². The van der Waals surface area contributed by atoms with E-state index < -0.39 is 5.97 Å². The molecular weight excluding hydrogens is 372 g/mol. The number of hydrogen-bond acceptors (Lipinski definition) is 5. The number of hydrogen-bond donors (Lipinski definition) is 3. The molecule has 2 aromatic carbocycles. The molecule has 3 N–H and O–H groups in total. The Morgan fingerprint density at radius 1 is 1.21 bits per heavy atom. The van der Waals surface area contributed by atoms with Crippen LogP contribution in [-0.4, -0.2) is 40.4 Å². The number of carbonyl (C=O) groups is 2. The number of carboxylic acid groups (broad SMARTS) is 1. The minimum Gasteiger partial charge on any atom is -0.497 e. The third kappa shape index (κ3) is 5.13. The highest BCUT2D eigenvalue weighted by atomic mass is 16.5. The number of ether oxygens (including phenoxy) is 1. The zero-order valence-corrected chi connectivity index (χ0v) is 16.1. The molecule has 3 rings (SSSR count). The van der Waals surface area contributed by atoms with Crippen molar-refractivity contribution >= 4 is 17.6 Å². The van der Waals surface area contributed by atoms with E-state index in [2.05, 4.69) is 15.7 Å². The molecular formula is C21H22N4O4. The molecule has 1 amide bonds. The zero-order valence-electron chi connectivity index (χ0n) is 16.1. The summed E-state index contributed by atoms with van der Waals surface area (Å²) in [6, 6.07) is 14.0. The summed E-state index contributed by atoms with van der Waals surface area (Å²) in [5.41, 5.74) is 2.71. The second-order valence-corrected chi connectivity index (χ2v) is 6.44. The maximum Gasteiger partial charge on any atom is 0.322 e. The van der Waals surface area contributed by atoms with Crippen LogP contribution in [0.2, 0.25) is 0 Å². The Morgan fingerprint density at radius 3 is 2.76 bits per heavy atom. The number of nitrogens with zero attached hydrogens (tertiary/aromatic N) is 2. The lowest BCUT2D eigenvalue weighted by Gasteiger charge is -2.13. The zero-order chi connectivity index (χ0) is 20.8. The second kappa shape index (κ2) is 8.92. The SMILES string of the molecule is COc1cccc(-n2cc([C@@H](C)NC(=O)c3cccc(NCC(=O)O)c3)cn2)c1. The van der Waals surface area contributed by atoms with Gasteiger partial charge in [-0.25, -0.2) is 4.68 Å². The fourth-order valence-corrected chi connectivity index (χ4v) is 2.77. The van der Waals surface area contributed by atoms with Crippen molar-refractivity contribution in [3.05, 3.63) is 72.1 Å². The molecule has 8 heteroatoms. The predicted molar refractivity (Wildman–Crippen MR) is 109 cm³/mol. The van der Waals surface area contributed by atoms with Gasteiger partial charge in [0, 0.05) is 29.1 Å². The fourth-order valence-electron chi connectivity index (χ4n) is 2.77. The number of rotatable bonds is 8. The largest absolute Gasteiger partial charge is 0.497 e. The highest BCUT2D eigenvalue weighted by molar-refractivity contribution is 5.95. The molecule has 1 heterocycles. The molecule has 0 spiro atoms. The van der Waals surface area contributed by atoms with Crippen molar-refractivity contribution in [1.29, 1.82) is 0 Å². The van der Waals surface area contributed by atoms with Crippen molar-refractivity contribution < 1.29 is 19.4 Å². The first-order valence-corrected chi connectivity index (χ1v) is 9.02. The Labute approximate surface area is 168 Å². The van der Waals surface area contributed by atoms with E-state index in [1.807, 2.05) is 37.4 Å². The molecule has 0 aliphatic rings. The third-order valence-electron chi connectivity index (χ3n) is 4.34. The van der Waals surface area contributed by atoms with E-state index >= 15 is 0 Å². The molecule has 0 aliphatic carbocycles. The number of aliphatic carboxylic acids is 1. The van der Waals surface area contributed by atoms with Crippen LogP contribution >= 0.6 is 0 Å². The Kier molecular flexibility index (Phi) is 6.13. The van der Waals surface area contributed by atoms with Gasteiger partial charge in [0.05, 0.1) is 25.0 Å². The molecule has 1 aromatic heterocycles. The minimum absolute atomic E-state index is 0.217. The molecule has 29 heavy (non-hydrogen) atoms. The Hall–Kier alpha value is -3.81. The smallest absolute Gasteiger partial charge is 0.322 e. The van der Waals surface area contributed by atoms with Crippen LogP contribution in [0.4, 0.5) is 5.69 Å². The molecule has 3 aromatic rings. The first-order valence-electron chi connectivity index (χ1n) is 9.02. The van der Waals surface area contributed by atoms with Crippen molar-refractivity contribution in [1.82, 2.24) is 15.1 Å². The van der Waals surface area contributed by atoms with Crippen molar-refractivity contribution in [2.75, 3.05) is 19.0 Å². The van der Waals surface area contributed by atoms with Gasteiger partial charge in [-0.2, -0.15) is 5.10 Å². The highest BCUT2D eigenvalue weighted by Crippen LogP contribution is 2.19. The summed E-state index contributed by atoms with van der Waals surface area (Å²) in [5.74, 6) is -0.496. The Balaban J connectivity index is 1.68. The Bertz CT molecular complexity index is 1020. The number of amides is 1. The van der Waals surface area contributed by atoms with E-state index in [9.17, 15) is 9.59 Å². The van der Waals surface area contributed by atoms with Crippen LogP contribution in [-0.2, 0) is 4.79 Å². The van der Waals surface area contributed by atoms with Crippen molar-refractivity contribution in [2.24, 2.45) is 0 Å². The molecule has 1 atom stereocenters. The molecule has 0 bridgehead atoms. The summed E-state index contributed by atoms with van der Waals surface area (Å²) >= 11 is 0. The molecule has 8 nitrogen and oxygen atoms in total. The van der Waals surface area contributed by atoms with E-state index in [4.69, 9.17) is 9.84 Å². The average molecular weight is 394 g/mol. The summed E-state index contributed by atoms with van der Waals surface area (Å²) < 4.78 is 6.96. The van der Waals surface area contributed by atoms with Gasteiger partial charge in [0.2, 0.25) is 0 Å². The number of anilines is 1. The van der Waals surface area contributed by atoms with Crippen molar-refractivity contribution in [2.45, 2.75) is 13.0 Å². The normalized spacial score (nSPS) is 11.5. The predicted octanol–water partition coefficient (Wildman–Crippen LogP) is 2.87. The van der Waals surface area contributed by atoms with E-state index in [-0.39, 0.29) is 18.5 Å². The van der Waals surface area contributed by atoms with Gasteiger partial charge < -0.3 is 20.5 Å². The van der Waals surface area contributed by atoms with Crippen LogP contribution in [0.1, 0.15) is 28.9 Å². The van der Waals surface area contributed by atoms with Crippen molar-refractivity contribution in [3.8, 4) is 11.4 Å². The average Bonchev–Trinajstić information content (AvgIpc) is 3.23. The topological polar surface area (TPSA) is 105 Å². The third-order valence-corrected chi connectivity index (χ3v) is 4.34. The Morgan fingerprint density at radius 2 is 2.00 bits per heavy atom. The van der Waals surface area contributed by atoms with Crippen LogP contribution < -0.4 is 15.4 Å². The summed E-state index contributed by atoms with van der Waals surface area (Å²) in [4.78, 5) is 23.3. The van der Waals surface area contributed by atoms with E-state index in [0.717, 1.165) is 17.0 Å². The molecule has 0 radical (unpaired) electrons. The number of nitrogens with one attached hydrogen (secondary N) is 2. The lowest BCUT2D eigenvalue weighted by atomic mass is 10.1. The fraction of sp³-hybridized carbons (Fsp3) is 0.190.